The summed E-state index contributed by atoms with van der Waals surface area (Å²) in [5, 5.41) is 8.06. The highest BCUT2D eigenvalue weighted by molar-refractivity contribution is 7.80. The van der Waals surface area contributed by atoms with Crippen molar-refractivity contribution in [3.05, 3.63) is 35.9 Å². The number of nitrogens with zero attached hydrogens (tertiary/aromatic N) is 2. The van der Waals surface area contributed by atoms with Crippen molar-refractivity contribution in [1.29, 1.82) is 5.41 Å². The van der Waals surface area contributed by atoms with E-state index < -0.39 is 0 Å². The maximum atomic E-state index is 11.5. The Hall–Kier alpha value is -1.75. The van der Waals surface area contributed by atoms with E-state index in [9.17, 15) is 4.79 Å². The third kappa shape index (κ3) is 1.69. The van der Waals surface area contributed by atoms with Gasteiger partial charge in [-0.05, 0) is 17.8 Å². The summed E-state index contributed by atoms with van der Waals surface area (Å²) in [5.74, 6) is -0.405. The van der Waals surface area contributed by atoms with Crippen LogP contribution in [0.15, 0.2) is 30.3 Å². The minimum Gasteiger partial charge on any atom is -0.294 e. The normalized spacial score (nSPS) is 16.2. The first-order valence-electron chi connectivity index (χ1n) is 4.83. The number of rotatable bonds is 2. The summed E-state index contributed by atoms with van der Waals surface area (Å²) in [6.45, 7) is 0.467. The molecule has 0 spiro atoms. The molecule has 1 N–H and O–H groups in total. The zero-order valence-corrected chi connectivity index (χ0v) is 9.62. The Kier molecular flexibility index (Phi) is 2.70. The van der Waals surface area contributed by atoms with E-state index in [1.54, 1.807) is 7.05 Å². The average molecular weight is 233 g/mol. The molecule has 1 fully saturated rings. The molecule has 0 aliphatic carbocycles. The molecule has 0 unspecified atom stereocenters. The lowest BCUT2D eigenvalue weighted by Crippen LogP contribution is -2.30. The van der Waals surface area contributed by atoms with Gasteiger partial charge in [0.1, 0.15) is 0 Å². The van der Waals surface area contributed by atoms with Crippen LogP contribution in [0.5, 0.6) is 0 Å². The van der Waals surface area contributed by atoms with Gasteiger partial charge in [0, 0.05) is 7.05 Å². The number of carbonyl (C=O) groups excluding carboxylic acids is 1. The van der Waals surface area contributed by atoms with Crippen LogP contribution >= 0.6 is 12.2 Å². The zero-order chi connectivity index (χ0) is 11.7. The van der Waals surface area contributed by atoms with Crippen LogP contribution in [0.1, 0.15) is 5.56 Å². The minimum absolute atomic E-state index is 0.0589. The van der Waals surface area contributed by atoms with Crippen molar-refractivity contribution < 1.29 is 4.79 Å². The summed E-state index contributed by atoms with van der Waals surface area (Å²) in [7, 11) is 1.59. The molecule has 16 heavy (non-hydrogen) atoms. The molecule has 5 heteroatoms. The molecule has 0 radical (unpaired) electrons. The highest BCUT2D eigenvalue weighted by Gasteiger charge is 2.35. The van der Waals surface area contributed by atoms with E-state index >= 15 is 0 Å². The Balaban J connectivity index is 2.21. The topological polar surface area (TPSA) is 47.4 Å². The fourth-order valence-electron chi connectivity index (χ4n) is 1.55. The summed E-state index contributed by atoms with van der Waals surface area (Å²) < 4.78 is 0. The van der Waals surface area contributed by atoms with Gasteiger partial charge in [0.15, 0.2) is 10.9 Å². The average Bonchev–Trinajstić information content (AvgIpc) is 2.48. The highest BCUT2D eigenvalue weighted by atomic mass is 32.1. The lowest BCUT2D eigenvalue weighted by Gasteiger charge is -2.16. The standard InChI is InChI=1S/C11H11N3OS/c1-13-10(15)9(12)14(11(13)16)7-8-5-3-2-4-6-8/h2-6,12H,7H2,1H3. The van der Waals surface area contributed by atoms with E-state index in [-0.39, 0.29) is 11.7 Å². The van der Waals surface area contributed by atoms with Crippen LogP contribution in [0.4, 0.5) is 0 Å². The van der Waals surface area contributed by atoms with Crippen LogP contribution in [-0.2, 0) is 11.3 Å². The summed E-state index contributed by atoms with van der Waals surface area (Å²) in [5.41, 5.74) is 1.03. The molecule has 0 atom stereocenters. The first-order chi connectivity index (χ1) is 7.61. The highest BCUT2D eigenvalue weighted by Crippen LogP contribution is 2.14. The number of likely N-dealkylation sites (N-methyl/N-ethyl adjacent to an activating group) is 1. The lowest BCUT2D eigenvalue weighted by atomic mass is 10.2. The Morgan fingerprint density at radius 3 is 2.44 bits per heavy atom. The van der Waals surface area contributed by atoms with Gasteiger partial charge < -0.3 is 0 Å². The van der Waals surface area contributed by atoms with Gasteiger partial charge in [0.05, 0.1) is 6.54 Å². The summed E-state index contributed by atoms with van der Waals surface area (Å²) in [6, 6.07) is 9.65. The monoisotopic (exact) mass is 233 g/mol. The van der Waals surface area contributed by atoms with E-state index in [0.29, 0.717) is 11.7 Å². The maximum Gasteiger partial charge on any atom is 0.295 e. The molecule has 0 bridgehead atoms. The second-order valence-electron chi connectivity index (χ2n) is 3.57. The largest absolute Gasteiger partial charge is 0.295 e. The number of hydrogen-bond donors (Lipinski definition) is 1. The van der Waals surface area contributed by atoms with E-state index in [1.165, 1.54) is 9.80 Å². The van der Waals surface area contributed by atoms with Crippen LogP contribution in [0.3, 0.4) is 0 Å². The Labute approximate surface area is 99.0 Å². The maximum absolute atomic E-state index is 11.5. The molecule has 1 aliphatic rings. The minimum atomic E-state index is -0.346. The Morgan fingerprint density at radius 2 is 1.94 bits per heavy atom. The van der Waals surface area contributed by atoms with Crippen molar-refractivity contribution in [2.24, 2.45) is 0 Å². The Bertz CT molecular complexity index is 458. The number of carbonyl (C=O) groups is 1. The molecule has 0 saturated carbocycles. The van der Waals surface area contributed by atoms with Gasteiger partial charge >= 0.3 is 0 Å². The van der Waals surface area contributed by atoms with Crippen LogP contribution in [-0.4, -0.2) is 33.7 Å². The van der Waals surface area contributed by atoms with Crippen molar-refractivity contribution in [2.75, 3.05) is 7.05 Å². The number of amides is 1. The van der Waals surface area contributed by atoms with Gasteiger partial charge in [0.2, 0.25) is 0 Å². The zero-order valence-electron chi connectivity index (χ0n) is 8.80. The van der Waals surface area contributed by atoms with Crippen molar-refractivity contribution in [3.8, 4) is 0 Å². The molecule has 1 heterocycles. The van der Waals surface area contributed by atoms with Crippen molar-refractivity contribution in [1.82, 2.24) is 9.80 Å². The molecule has 1 aromatic rings. The second-order valence-corrected chi connectivity index (χ2v) is 3.93. The van der Waals surface area contributed by atoms with Crippen LogP contribution in [0.2, 0.25) is 0 Å². The first-order valence-corrected chi connectivity index (χ1v) is 5.24. The van der Waals surface area contributed by atoms with Crippen molar-refractivity contribution in [3.63, 3.8) is 0 Å². The van der Waals surface area contributed by atoms with Crippen molar-refractivity contribution in [2.45, 2.75) is 6.54 Å². The molecule has 0 aromatic heterocycles. The van der Waals surface area contributed by atoms with Gasteiger partial charge in [-0.15, -0.1) is 0 Å². The van der Waals surface area contributed by atoms with Gasteiger partial charge in [0.25, 0.3) is 5.91 Å². The van der Waals surface area contributed by atoms with Gasteiger partial charge in [-0.3, -0.25) is 20.0 Å². The predicted molar refractivity (Wildman–Crippen MR) is 65.1 cm³/mol. The van der Waals surface area contributed by atoms with E-state index in [1.807, 2.05) is 30.3 Å². The molecule has 1 saturated heterocycles. The van der Waals surface area contributed by atoms with E-state index in [2.05, 4.69) is 0 Å². The number of hydrogen-bond acceptors (Lipinski definition) is 3. The van der Waals surface area contributed by atoms with Crippen LogP contribution in [0, 0.1) is 5.41 Å². The lowest BCUT2D eigenvalue weighted by molar-refractivity contribution is -0.119. The SMILES string of the molecule is CN1C(=O)C(=N)N(Cc2ccccc2)C1=S. The Morgan fingerprint density at radius 1 is 1.31 bits per heavy atom. The van der Waals surface area contributed by atoms with Gasteiger partial charge in [-0.2, -0.15) is 0 Å². The molecule has 1 aliphatic heterocycles. The predicted octanol–water partition coefficient (Wildman–Crippen LogP) is 1.22. The number of nitrogens with one attached hydrogen (secondary N) is 1. The quantitative estimate of drug-likeness (QED) is 0.781. The third-order valence-electron chi connectivity index (χ3n) is 2.48. The number of thiocarbonyl (C=S) groups is 1. The second kappa shape index (κ2) is 4.02. The fourth-order valence-corrected chi connectivity index (χ4v) is 1.79. The summed E-state index contributed by atoms with van der Waals surface area (Å²) >= 11 is 5.11. The molecular formula is C11H11N3OS. The van der Waals surface area contributed by atoms with Crippen LogP contribution in [0.25, 0.3) is 0 Å². The number of amidine groups is 1. The van der Waals surface area contributed by atoms with E-state index in [0.717, 1.165) is 5.56 Å². The van der Waals surface area contributed by atoms with Gasteiger partial charge in [-0.1, -0.05) is 30.3 Å². The molecule has 2 rings (SSSR count). The van der Waals surface area contributed by atoms with E-state index in [4.69, 9.17) is 17.6 Å². The smallest absolute Gasteiger partial charge is 0.294 e. The van der Waals surface area contributed by atoms with Gasteiger partial charge in [-0.25, -0.2) is 0 Å². The number of benzene rings is 1. The van der Waals surface area contributed by atoms with Crippen LogP contribution < -0.4 is 0 Å². The molecule has 1 aromatic carbocycles. The summed E-state index contributed by atoms with van der Waals surface area (Å²) in [4.78, 5) is 14.3. The summed E-state index contributed by atoms with van der Waals surface area (Å²) in [6.07, 6.45) is 0. The molecule has 82 valence electrons. The molecule has 1 amide bonds. The third-order valence-corrected chi connectivity index (χ3v) is 2.97. The molecular weight excluding hydrogens is 222 g/mol. The fraction of sp³-hybridized carbons (Fsp3) is 0.182. The molecule has 4 nitrogen and oxygen atoms in total. The first kappa shape index (κ1) is 10.8. The van der Waals surface area contributed by atoms with Crippen molar-refractivity contribution >= 4 is 29.1 Å².